The van der Waals surface area contributed by atoms with Gasteiger partial charge in [0, 0.05) is 22.1 Å². The highest BCUT2D eigenvalue weighted by molar-refractivity contribution is 7.98. The van der Waals surface area contributed by atoms with Crippen molar-refractivity contribution in [2.45, 2.75) is 6.17 Å². The minimum atomic E-state index is 0.0344. The number of carbonyl (C=O) groups is 1. The van der Waals surface area contributed by atoms with Gasteiger partial charge in [-0.2, -0.15) is 11.8 Å². The van der Waals surface area contributed by atoms with Crippen molar-refractivity contribution in [2.75, 3.05) is 25.1 Å². The van der Waals surface area contributed by atoms with Crippen molar-refractivity contribution in [1.29, 1.82) is 0 Å². The van der Waals surface area contributed by atoms with Crippen molar-refractivity contribution >= 4 is 29.0 Å². The molecule has 2 aromatic rings. The van der Waals surface area contributed by atoms with Crippen LogP contribution in [-0.4, -0.2) is 35.9 Å². The van der Waals surface area contributed by atoms with Gasteiger partial charge < -0.3 is 4.90 Å². The van der Waals surface area contributed by atoms with Crippen LogP contribution in [-0.2, 0) is 4.79 Å². The van der Waals surface area contributed by atoms with E-state index in [1.807, 2.05) is 11.0 Å². The van der Waals surface area contributed by atoms with E-state index in [0.717, 1.165) is 12.3 Å². The van der Waals surface area contributed by atoms with Gasteiger partial charge in [0.15, 0.2) is 0 Å². The number of nitrogens with zero attached hydrogens (tertiary/aromatic N) is 1. The summed E-state index contributed by atoms with van der Waals surface area (Å²) in [5.41, 5.74) is 1.23. The van der Waals surface area contributed by atoms with Crippen molar-refractivity contribution in [3.8, 4) is 10.4 Å². The van der Waals surface area contributed by atoms with Crippen LogP contribution in [0.4, 0.5) is 0 Å². The maximum absolute atomic E-state index is 12.0. The fourth-order valence-electron chi connectivity index (χ4n) is 2.49. The maximum atomic E-state index is 12.0. The van der Waals surface area contributed by atoms with Gasteiger partial charge in [0.2, 0.25) is 5.91 Å². The van der Waals surface area contributed by atoms with E-state index < -0.39 is 0 Å². The molecule has 0 aliphatic carbocycles. The Morgan fingerprint density at radius 2 is 2.10 bits per heavy atom. The van der Waals surface area contributed by atoms with Gasteiger partial charge in [-0.05, 0) is 24.0 Å². The third kappa shape index (κ3) is 3.15. The summed E-state index contributed by atoms with van der Waals surface area (Å²) >= 11 is 3.53. The summed E-state index contributed by atoms with van der Waals surface area (Å²) in [4.78, 5) is 16.4. The average Bonchev–Trinajstić information content (AvgIpc) is 3.13. The molecule has 0 radical (unpaired) electrons. The zero-order valence-electron chi connectivity index (χ0n) is 11.9. The number of thioether (sulfide) groups is 1. The predicted octanol–water partition coefficient (Wildman–Crippen LogP) is 3.21. The molecule has 2 heterocycles. The third-order valence-corrected chi connectivity index (χ3v) is 5.35. The number of carbonyl (C=O) groups excluding carboxylic acids is 1. The number of hydrogen-bond donors (Lipinski definition) is 1. The quantitative estimate of drug-likeness (QED) is 0.919. The largest absolute Gasteiger partial charge is 0.320 e. The summed E-state index contributed by atoms with van der Waals surface area (Å²) in [6.07, 6.45) is 2.11. The lowest BCUT2D eigenvalue weighted by Crippen LogP contribution is -2.31. The molecule has 0 saturated carbocycles. The molecule has 3 nitrogen and oxygen atoms in total. The summed E-state index contributed by atoms with van der Waals surface area (Å²) in [7, 11) is 0. The lowest BCUT2D eigenvalue weighted by atomic mass is 10.2. The molecule has 0 spiro atoms. The minimum absolute atomic E-state index is 0.0344. The second kappa shape index (κ2) is 6.64. The first-order chi connectivity index (χ1) is 10.3. The van der Waals surface area contributed by atoms with E-state index in [-0.39, 0.29) is 12.1 Å². The van der Waals surface area contributed by atoms with E-state index in [0.29, 0.717) is 6.54 Å². The van der Waals surface area contributed by atoms with Gasteiger partial charge in [-0.25, -0.2) is 0 Å². The first kappa shape index (κ1) is 14.6. The smallest absolute Gasteiger partial charge is 0.238 e. The molecule has 1 unspecified atom stereocenters. The van der Waals surface area contributed by atoms with Crippen LogP contribution in [0.15, 0.2) is 42.5 Å². The number of nitrogens with one attached hydrogen (secondary N) is 1. The van der Waals surface area contributed by atoms with Gasteiger partial charge in [-0.3, -0.25) is 10.1 Å². The van der Waals surface area contributed by atoms with E-state index >= 15 is 0 Å². The summed E-state index contributed by atoms with van der Waals surface area (Å²) in [5, 5.41) is 3.32. The van der Waals surface area contributed by atoms with Crippen molar-refractivity contribution in [3.63, 3.8) is 0 Å². The van der Waals surface area contributed by atoms with Crippen LogP contribution in [0.3, 0.4) is 0 Å². The molecule has 1 N–H and O–H groups in total. The molecular formula is C16H18N2OS2. The molecular weight excluding hydrogens is 300 g/mol. The Morgan fingerprint density at radius 3 is 2.86 bits per heavy atom. The number of rotatable bonds is 5. The van der Waals surface area contributed by atoms with E-state index in [1.165, 1.54) is 15.3 Å². The molecule has 1 aromatic heterocycles. The van der Waals surface area contributed by atoms with Crippen LogP contribution in [0.2, 0.25) is 0 Å². The summed E-state index contributed by atoms with van der Waals surface area (Å²) in [6, 6.07) is 14.7. The molecule has 0 bridgehead atoms. The van der Waals surface area contributed by atoms with Crippen LogP contribution >= 0.6 is 23.1 Å². The summed E-state index contributed by atoms with van der Waals surface area (Å²) in [5.74, 6) is 1.17. The number of thiophene rings is 1. The standard InChI is InChI=1S/C16H18N2OS2/c1-20-10-9-18-15(19)11-17-16(18)14-8-7-13(21-14)12-5-3-2-4-6-12/h2-8,16-17H,9-11H2,1H3. The molecule has 5 heteroatoms. The van der Waals surface area contributed by atoms with Crippen molar-refractivity contribution in [2.24, 2.45) is 0 Å². The van der Waals surface area contributed by atoms with Gasteiger partial charge in [0.05, 0.1) is 6.54 Å². The predicted molar refractivity (Wildman–Crippen MR) is 90.6 cm³/mol. The second-order valence-corrected chi connectivity index (χ2v) is 7.03. The van der Waals surface area contributed by atoms with Crippen molar-refractivity contribution < 1.29 is 4.79 Å². The minimum Gasteiger partial charge on any atom is -0.320 e. The number of hydrogen-bond acceptors (Lipinski definition) is 4. The van der Waals surface area contributed by atoms with Crippen LogP contribution < -0.4 is 5.32 Å². The molecule has 1 atom stereocenters. The van der Waals surface area contributed by atoms with Gasteiger partial charge >= 0.3 is 0 Å². The lowest BCUT2D eigenvalue weighted by molar-refractivity contribution is -0.127. The van der Waals surface area contributed by atoms with Crippen LogP contribution in [0.25, 0.3) is 10.4 Å². The molecule has 1 aromatic carbocycles. The van der Waals surface area contributed by atoms with Gasteiger partial charge in [0.1, 0.15) is 6.17 Å². The SMILES string of the molecule is CSCCN1C(=O)CNC1c1ccc(-c2ccccc2)s1. The first-order valence-electron chi connectivity index (χ1n) is 6.96. The fourth-order valence-corrected chi connectivity index (χ4v) is 3.98. The zero-order valence-corrected chi connectivity index (χ0v) is 13.5. The van der Waals surface area contributed by atoms with E-state index in [2.05, 4.69) is 48.0 Å². The molecule has 3 rings (SSSR count). The maximum Gasteiger partial charge on any atom is 0.238 e. The van der Waals surface area contributed by atoms with Crippen LogP contribution in [0.1, 0.15) is 11.0 Å². The second-order valence-electron chi connectivity index (χ2n) is 4.93. The summed E-state index contributed by atoms with van der Waals surface area (Å²) in [6.45, 7) is 1.24. The topological polar surface area (TPSA) is 32.3 Å². The van der Waals surface area contributed by atoms with E-state index in [1.54, 1.807) is 23.1 Å². The molecule has 1 aliphatic heterocycles. The van der Waals surface area contributed by atoms with Crippen molar-refractivity contribution in [1.82, 2.24) is 10.2 Å². The molecule has 1 amide bonds. The number of amides is 1. The first-order valence-corrected chi connectivity index (χ1v) is 9.17. The Labute approximate surface area is 133 Å². The lowest BCUT2D eigenvalue weighted by Gasteiger charge is -2.23. The average molecular weight is 318 g/mol. The molecule has 1 aliphatic rings. The number of benzene rings is 1. The molecule has 21 heavy (non-hydrogen) atoms. The van der Waals surface area contributed by atoms with Crippen LogP contribution in [0.5, 0.6) is 0 Å². The summed E-state index contributed by atoms with van der Waals surface area (Å²) < 4.78 is 0. The monoisotopic (exact) mass is 318 g/mol. The third-order valence-electron chi connectivity index (χ3n) is 3.57. The highest BCUT2D eigenvalue weighted by atomic mass is 32.2. The Bertz CT molecular complexity index is 612. The molecule has 1 saturated heterocycles. The van der Waals surface area contributed by atoms with Gasteiger partial charge in [0.25, 0.3) is 0 Å². The Hall–Kier alpha value is -1.30. The molecule has 1 fully saturated rings. The van der Waals surface area contributed by atoms with E-state index in [4.69, 9.17) is 0 Å². The van der Waals surface area contributed by atoms with Crippen molar-refractivity contribution in [3.05, 3.63) is 47.3 Å². The highest BCUT2D eigenvalue weighted by Crippen LogP contribution is 2.34. The normalized spacial score (nSPS) is 18.4. The van der Waals surface area contributed by atoms with E-state index in [9.17, 15) is 4.79 Å². The Morgan fingerprint density at radius 1 is 1.29 bits per heavy atom. The fraction of sp³-hybridized carbons (Fsp3) is 0.312. The van der Waals surface area contributed by atoms with Crippen LogP contribution in [0, 0.1) is 0 Å². The Kier molecular flexibility index (Phi) is 4.63. The Balaban J connectivity index is 1.80. The molecule has 110 valence electrons. The zero-order chi connectivity index (χ0) is 14.7. The van der Waals surface area contributed by atoms with Gasteiger partial charge in [-0.1, -0.05) is 30.3 Å². The highest BCUT2D eigenvalue weighted by Gasteiger charge is 2.31. The van der Waals surface area contributed by atoms with Gasteiger partial charge in [-0.15, -0.1) is 11.3 Å².